The highest BCUT2D eigenvalue weighted by Gasteiger charge is 2.37. The maximum absolute atomic E-state index is 13.5. The molecular formula is C16H18FN5O2. The molecule has 0 bridgehead atoms. The van der Waals surface area contributed by atoms with E-state index < -0.39 is 6.17 Å². The predicted octanol–water partition coefficient (Wildman–Crippen LogP) is 1.96. The van der Waals surface area contributed by atoms with Gasteiger partial charge in [-0.1, -0.05) is 25.1 Å². The van der Waals surface area contributed by atoms with Gasteiger partial charge in [-0.3, -0.25) is 4.79 Å². The number of hydrogen-bond donors (Lipinski definition) is 3. The van der Waals surface area contributed by atoms with Crippen LogP contribution in [0.1, 0.15) is 53.4 Å². The van der Waals surface area contributed by atoms with Gasteiger partial charge in [0.1, 0.15) is 0 Å². The SMILES string of the molecule is CC(F)c1nc(N)nc(N[C@H]2c3cc(CO)ccc3C(=O)[C@@H]2C)n1. The standard InChI is InChI=1S/C16H18FN5O2/c1-7-12(11-5-9(6-23)3-4-10(11)13(7)24)19-16-21-14(8(2)17)20-15(18)22-16/h3-5,7-8,12,23H,6H2,1-2H3,(H3,18,19,20,21,22)/t7-,8?,12-/m1/s1. The lowest BCUT2D eigenvalue weighted by molar-refractivity contribution is 0.0938. The van der Waals surface area contributed by atoms with Gasteiger partial charge in [0.15, 0.2) is 17.8 Å². The number of nitrogens with one attached hydrogen (secondary N) is 1. The van der Waals surface area contributed by atoms with Crippen LogP contribution >= 0.6 is 0 Å². The second-order valence-electron chi connectivity index (χ2n) is 5.85. The van der Waals surface area contributed by atoms with Crippen molar-refractivity contribution in [2.75, 3.05) is 11.1 Å². The number of aliphatic hydroxyl groups excluding tert-OH is 1. The molecule has 3 rings (SSSR count). The quantitative estimate of drug-likeness (QED) is 0.784. The van der Waals surface area contributed by atoms with E-state index in [0.29, 0.717) is 11.1 Å². The number of aromatic nitrogens is 3. The third-order valence-corrected chi connectivity index (χ3v) is 4.12. The summed E-state index contributed by atoms with van der Waals surface area (Å²) < 4.78 is 13.5. The van der Waals surface area contributed by atoms with Crippen LogP contribution in [0.3, 0.4) is 0 Å². The summed E-state index contributed by atoms with van der Waals surface area (Å²) in [4.78, 5) is 24.1. The van der Waals surface area contributed by atoms with Gasteiger partial charge in [-0.25, -0.2) is 4.39 Å². The number of ketones is 1. The predicted molar refractivity (Wildman–Crippen MR) is 86.0 cm³/mol. The first-order chi connectivity index (χ1) is 11.4. The number of benzene rings is 1. The van der Waals surface area contributed by atoms with Crippen LogP contribution < -0.4 is 11.1 Å². The Hall–Kier alpha value is -2.61. The van der Waals surface area contributed by atoms with E-state index in [1.54, 1.807) is 25.1 Å². The van der Waals surface area contributed by atoms with E-state index in [1.165, 1.54) is 6.92 Å². The molecule has 2 aromatic rings. The molecule has 3 atom stereocenters. The number of fused-ring (bicyclic) bond motifs is 1. The van der Waals surface area contributed by atoms with Crippen LogP contribution in [0.2, 0.25) is 0 Å². The number of halogens is 1. The number of nitrogens with two attached hydrogens (primary N) is 1. The molecule has 0 saturated carbocycles. The second-order valence-corrected chi connectivity index (χ2v) is 5.85. The summed E-state index contributed by atoms with van der Waals surface area (Å²) in [5.41, 5.74) is 7.66. The molecule has 1 aromatic heterocycles. The number of alkyl halides is 1. The Kier molecular flexibility index (Phi) is 4.15. The van der Waals surface area contributed by atoms with Crippen LogP contribution in [0.25, 0.3) is 0 Å². The van der Waals surface area contributed by atoms with E-state index in [9.17, 15) is 14.3 Å². The molecule has 4 N–H and O–H groups in total. The molecule has 24 heavy (non-hydrogen) atoms. The van der Waals surface area contributed by atoms with E-state index >= 15 is 0 Å². The van der Waals surface area contributed by atoms with Crippen molar-refractivity contribution in [3.8, 4) is 0 Å². The van der Waals surface area contributed by atoms with E-state index in [2.05, 4.69) is 20.3 Å². The lowest BCUT2D eigenvalue weighted by Crippen LogP contribution is -2.20. The molecule has 8 heteroatoms. The minimum Gasteiger partial charge on any atom is -0.392 e. The van der Waals surface area contributed by atoms with Crippen molar-refractivity contribution in [1.82, 2.24) is 15.0 Å². The smallest absolute Gasteiger partial charge is 0.228 e. The molecule has 0 radical (unpaired) electrons. The monoisotopic (exact) mass is 331 g/mol. The Morgan fingerprint density at radius 1 is 1.38 bits per heavy atom. The molecule has 1 unspecified atom stereocenters. The number of hydrogen-bond acceptors (Lipinski definition) is 7. The van der Waals surface area contributed by atoms with E-state index in [1.807, 2.05) is 0 Å². The molecule has 126 valence electrons. The molecular weight excluding hydrogens is 313 g/mol. The summed E-state index contributed by atoms with van der Waals surface area (Å²) in [7, 11) is 0. The van der Waals surface area contributed by atoms with E-state index in [0.717, 1.165) is 5.56 Å². The molecule has 1 aromatic carbocycles. The topological polar surface area (TPSA) is 114 Å². The fourth-order valence-corrected chi connectivity index (χ4v) is 2.85. The molecule has 0 amide bonds. The zero-order chi connectivity index (χ0) is 17.4. The highest BCUT2D eigenvalue weighted by Crippen LogP contribution is 2.38. The fraction of sp³-hybridized carbons (Fsp3) is 0.375. The Labute approximate surface area is 138 Å². The number of anilines is 2. The van der Waals surface area contributed by atoms with Gasteiger partial charge in [-0.2, -0.15) is 15.0 Å². The largest absolute Gasteiger partial charge is 0.392 e. The maximum Gasteiger partial charge on any atom is 0.228 e. The molecule has 1 aliphatic rings. The number of carbonyl (C=O) groups is 1. The average molecular weight is 331 g/mol. The van der Waals surface area contributed by atoms with Gasteiger partial charge in [0, 0.05) is 11.5 Å². The van der Waals surface area contributed by atoms with Crippen LogP contribution in [0.5, 0.6) is 0 Å². The van der Waals surface area contributed by atoms with Crippen LogP contribution in [-0.2, 0) is 6.61 Å². The number of nitrogen functional groups attached to an aromatic ring is 1. The van der Waals surface area contributed by atoms with Gasteiger partial charge in [0.05, 0.1) is 12.6 Å². The zero-order valence-corrected chi connectivity index (χ0v) is 13.3. The number of rotatable bonds is 4. The summed E-state index contributed by atoms with van der Waals surface area (Å²) >= 11 is 0. The third-order valence-electron chi connectivity index (χ3n) is 4.12. The zero-order valence-electron chi connectivity index (χ0n) is 13.3. The number of nitrogens with zero attached hydrogens (tertiary/aromatic N) is 3. The van der Waals surface area contributed by atoms with Crippen molar-refractivity contribution in [3.05, 3.63) is 40.7 Å². The third kappa shape index (κ3) is 2.80. The van der Waals surface area contributed by atoms with Crippen molar-refractivity contribution >= 4 is 17.7 Å². The maximum atomic E-state index is 13.5. The van der Waals surface area contributed by atoms with Gasteiger partial charge >= 0.3 is 0 Å². The second kappa shape index (κ2) is 6.12. The first-order valence-electron chi connectivity index (χ1n) is 7.60. The lowest BCUT2D eigenvalue weighted by Gasteiger charge is -2.18. The Bertz CT molecular complexity index is 796. The average Bonchev–Trinajstić information content (AvgIpc) is 2.79. The first kappa shape index (κ1) is 16.3. The van der Waals surface area contributed by atoms with E-state index in [4.69, 9.17) is 5.73 Å². The molecule has 0 saturated heterocycles. The summed E-state index contributed by atoms with van der Waals surface area (Å²) in [6, 6.07) is 4.81. The van der Waals surface area contributed by atoms with Crippen LogP contribution in [0, 0.1) is 5.92 Å². The minimum absolute atomic E-state index is 0.00639. The summed E-state index contributed by atoms with van der Waals surface area (Å²) in [5.74, 6) is -0.389. The Balaban J connectivity index is 1.98. The number of aliphatic hydroxyl groups is 1. The van der Waals surface area contributed by atoms with Gasteiger partial charge in [-0.05, 0) is 18.1 Å². The Morgan fingerprint density at radius 2 is 2.12 bits per heavy atom. The van der Waals surface area contributed by atoms with Crippen LogP contribution in [0.15, 0.2) is 18.2 Å². The molecule has 0 fully saturated rings. The van der Waals surface area contributed by atoms with Gasteiger partial charge in [0.25, 0.3) is 0 Å². The normalized spacial score (nSPS) is 20.8. The highest BCUT2D eigenvalue weighted by molar-refractivity contribution is 6.03. The van der Waals surface area contributed by atoms with Gasteiger partial charge < -0.3 is 16.2 Å². The first-order valence-corrected chi connectivity index (χ1v) is 7.60. The van der Waals surface area contributed by atoms with Gasteiger partial charge in [0.2, 0.25) is 11.9 Å². The van der Waals surface area contributed by atoms with Crippen molar-refractivity contribution in [2.24, 2.45) is 5.92 Å². The van der Waals surface area contributed by atoms with Crippen molar-refractivity contribution in [1.29, 1.82) is 0 Å². The van der Waals surface area contributed by atoms with Crippen molar-refractivity contribution in [2.45, 2.75) is 32.7 Å². The molecule has 1 aliphatic carbocycles. The van der Waals surface area contributed by atoms with Crippen LogP contribution in [0.4, 0.5) is 16.3 Å². The van der Waals surface area contributed by atoms with Crippen LogP contribution in [-0.4, -0.2) is 25.8 Å². The molecule has 0 aliphatic heterocycles. The molecule has 7 nitrogen and oxygen atoms in total. The minimum atomic E-state index is -1.38. The Morgan fingerprint density at radius 3 is 2.79 bits per heavy atom. The molecule has 1 heterocycles. The number of Topliss-reactive ketones (excluding diaryl/α,β-unsaturated/α-hetero) is 1. The van der Waals surface area contributed by atoms with Crippen molar-refractivity contribution < 1.29 is 14.3 Å². The summed E-state index contributed by atoms with van der Waals surface area (Å²) in [6.07, 6.45) is -1.38. The fourth-order valence-electron chi connectivity index (χ4n) is 2.85. The summed E-state index contributed by atoms with van der Waals surface area (Å²) in [5, 5.41) is 12.4. The summed E-state index contributed by atoms with van der Waals surface area (Å²) in [6.45, 7) is 2.98. The number of carbonyl (C=O) groups excluding carboxylic acids is 1. The molecule has 0 spiro atoms. The van der Waals surface area contributed by atoms with Crippen molar-refractivity contribution in [3.63, 3.8) is 0 Å². The lowest BCUT2D eigenvalue weighted by atomic mass is 10.0. The van der Waals surface area contributed by atoms with Gasteiger partial charge in [-0.15, -0.1) is 0 Å². The highest BCUT2D eigenvalue weighted by atomic mass is 19.1. The van der Waals surface area contributed by atoms with E-state index in [-0.39, 0.29) is 42.1 Å².